The Morgan fingerprint density at radius 2 is 2.19 bits per heavy atom. The van der Waals surface area contributed by atoms with Crippen molar-refractivity contribution in [3.05, 3.63) is 30.4 Å². The third-order valence-electron chi connectivity index (χ3n) is 2.94. The highest BCUT2D eigenvalue weighted by atomic mass is 32.2. The van der Waals surface area contributed by atoms with Crippen molar-refractivity contribution in [2.75, 3.05) is 12.3 Å². The van der Waals surface area contributed by atoms with E-state index in [0.29, 0.717) is 28.8 Å². The van der Waals surface area contributed by atoms with Gasteiger partial charge in [0.2, 0.25) is 0 Å². The Bertz CT molecular complexity index is 640. The van der Waals surface area contributed by atoms with Crippen molar-refractivity contribution in [1.29, 1.82) is 0 Å². The molecule has 1 atom stereocenters. The summed E-state index contributed by atoms with van der Waals surface area (Å²) in [5.74, 6) is 1.63. The van der Waals surface area contributed by atoms with Crippen LogP contribution >= 0.6 is 0 Å². The summed E-state index contributed by atoms with van der Waals surface area (Å²) in [4.78, 5) is 4.75. The molecular formula is C14H20N4O2S. The van der Waals surface area contributed by atoms with Crippen LogP contribution in [-0.2, 0) is 16.6 Å². The van der Waals surface area contributed by atoms with Gasteiger partial charge in [-0.25, -0.2) is 9.67 Å². The van der Waals surface area contributed by atoms with Crippen LogP contribution in [0.3, 0.4) is 0 Å². The first-order valence-electron chi connectivity index (χ1n) is 6.82. The van der Waals surface area contributed by atoms with Crippen LogP contribution in [0.2, 0.25) is 0 Å². The molecule has 21 heavy (non-hydrogen) atoms. The molecule has 2 rings (SSSR count). The van der Waals surface area contributed by atoms with Crippen LogP contribution in [-0.4, -0.2) is 25.6 Å². The monoisotopic (exact) mass is 308 g/mol. The van der Waals surface area contributed by atoms with Crippen molar-refractivity contribution < 1.29 is 8.95 Å². The summed E-state index contributed by atoms with van der Waals surface area (Å²) < 4.78 is 19.7. The second-order valence-electron chi connectivity index (χ2n) is 4.84. The van der Waals surface area contributed by atoms with Crippen LogP contribution in [0.5, 0.6) is 5.75 Å². The zero-order chi connectivity index (χ0) is 15.4. The molecule has 1 aromatic carbocycles. The van der Waals surface area contributed by atoms with E-state index in [-0.39, 0.29) is 11.8 Å². The minimum Gasteiger partial charge on any atom is -0.494 e. The maximum atomic E-state index is 12.6. The zero-order valence-electron chi connectivity index (χ0n) is 12.4. The van der Waals surface area contributed by atoms with Crippen molar-refractivity contribution in [2.24, 2.45) is 0 Å². The second kappa shape index (κ2) is 6.71. The number of nitrogens with two attached hydrogens (primary N) is 1. The molecule has 0 radical (unpaired) electrons. The van der Waals surface area contributed by atoms with Crippen LogP contribution in [0.4, 0.5) is 5.69 Å². The fourth-order valence-corrected chi connectivity index (χ4v) is 3.15. The average Bonchev–Trinajstić information content (AvgIpc) is 2.89. The largest absolute Gasteiger partial charge is 0.494 e. The van der Waals surface area contributed by atoms with Crippen LogP contribution in [0, 0.1) is 0 Å². The highest BCUT2D eigenvalue weighted by Crippen LogP contribution is 2.24. The van der Waals surface area contributed by atoms with Gasteiger partial charge in [-0.3, -0.25) is 4.21 Å². The third-order valence-corrected chi connectivity index (χ3v) is 4.30. The zero-order valence-corrected chi connectivity index (χ0v) is 13.3. The molecule has 0 aliphatic heterocycles. The summed E-state index contributed by atoms with van der Waals surface area (Å²) in [6, 6.07) is 5.39. The van der Waals surface area contributed by atoms with Gasteiger partial charge in [-0.1, -0.05) is 0 Å². The lowest BCUT2D eigenvalue weighted by molar-refractivity contribution is 0.339. The predicted octanol–water partition coefficient (Wildman–Crippen LogP) is 2.15. The quantitative estimate of drug-likeness (QED) is 0.827. The van der Waals surface area contributed by atoms with Gasteiger partial charge in [0, 0.05) is 11.7 Å². The van der Waals surface area contributed by atoms with Gasteiger partial charge in [-0.05, 0) is 39.0 Å². The van der Waals surface area contributed by atoms with E-state index in [9.17, 15) is 4.21 Å². The molecule has 0 bridgehead atoms. The van der Waals surface area contributed by atoms with E-state index in [4.69, 9.17) is 10.5 Å². The van der Waals surface area contributed by atoms with Crippen molar-refractivity contribution in [3.63, 3.8) is 0 Å². The van der Waals surface area contributed by atoms with Gasteiger partial charge in [0.05, 0.1) is 28.1 Å². The SMILES string of the molecule is CCOc1ccc(N)c(S(=O)Cc2ncnn2C(C)C)c1. The van der Waals surface area contributed by atoms with E-state index in [1.54, 1.807) is 22.9 Å². The van der Waals surface area contributed by atoms with Crippen LogP contribution in [0.15, 0.2) is 29.4 Å². The number of nitrogens with zero attached hydrogens (tertiary/aromatic N) is 3. The molecule has 1 unspecified atom stereocenters. The molecule has 1 aromatic heterocycles. The molecule has 0 saturated heterocycles. The summed E-state index contributed by atoms with van der Waals surface area (Å²) in [5, 5.41) is 4.15. The molecule has 0 spiro atoms. The Kier molecular flexibility index (Phi) is 4.95. The van der Waals surface area contributed by atoms with Crippen LogP contribution in [0.25, 0.3) is 0 Å². The molecule has 0 saturated carbocycles. The molecule has 0 aliphatic rings. The van der Waals surface area contributed by atoms with E-state index in [2.05, 4.69) is 10.1 Å². The van der Waals surface area contributed by atoms with Gasteiger partial charge in [-0.2, -0.15) is 5.10 Å². The number of rotatable bonds is 6. The molecule has 0 aliphatic carbocycles. The first-order valence-corrected chi connectivity index (χ1v) is 8.14. The molecule has 7 heteroatoms. The Hall–Kier alpha value is -1.89. The first-order chi connectivity index (χ1) is 10.0. The number of nitrogen functional groups attached to an aromatic ring is 1. The van der Waals surface area contributed by atoms with Crippen molar-refractivity contribution in [3.8, 4) is 5.75 Å². The smallest absolute Gasteiger partial charge is 0.140 e. The lowest BCUT2D eigenvalue weighted by Crippen LogP contribution is -2.11. The molecule has 2 N–H and O–H groups in total. The van der Waals surface area contributed by atoms with Gasteiger partial charge in [-0.15, -0.1) is 0 Å². The van der Waals surface area contributed by atoms with E-state index >= 15 is 0 Å². The lowest BCUT2D eigenvalue weighted by atomic mass is 10.3. The summed E-state index contributed by atoms with van der Waals surface area (Å²) in [6.07, 6.45) is 1.48. The number of anilines is 1. The first kappa shape index (κ1) is 15.5. The topological polar surface area (TPSA) is 83.0 Å². The molecule has 2 aromatic rings. The summed E-state index contributed by atoms with van der Waals surface area (Å²) in [5.41, 5.74) is 6.41. The number of hydrogen-bond acceptors (Lipinski definition) is 5. The molecular weight excluding hydrogens is 288 g/mol. The Balaban J connectivity index is 2.24. The Morgan fingerprint density at radius 3 is 2.86 bits per heavy atom. The molecule has 6 nitrogen and oxygen atoms in total. The molecule has 114 valence electrons. The maximum Gasteiger partial charge on any atom is 0.140 e. The van der Waals surface area contributed by atoms with Gasteiger partial charge >= 0.3 is 0 Å². The second-order valence-corrected chi connectivity index (χ2v) is 6.26. The lowest BCUT2D eigenvalue weighted by Gasteiger charge is -2.11. The predicted molar refractivity (Wildman–Crippen MR) is 82.5 cm³/mol. The van der Waals surface area contributed by atoms with Crippen molar-refractivity contribution >= 4 is 16.5 Å². The van der Waals surface area contributed by atoms with E-state index in [0.717, 1.165) is 0 Å². The molecule has 0 fully saturated rings. The number of aromatic nitrogens is 3. The highest BCUT2D eigenvalue weighted by Gasteiger charge is 2.15. The summed E-state index contributed by atoms with van der Waals surface area (Å²) in [7, 11) is -1.29. The van der Waals surface area contributed by atoms with Crippen LogP contribution in [0.1, 0.15) is 32.6 Å². The molecule has 0 amide bonds. The third kappa shape index (κ3) is 3.60. The van der Waals surface area contributed by atoms with Crippen LogP contribution < -0.4 is 10.5 Å². The van der Waals surface area contributed by atoms with E-state index in [1.165, 1.54) is 6.33 Å². The summed E-state index contributed by atoms with van der Waals surface area (Å²) >= 11 is 0. The fraction of sp³-hybridized carbons (Fsp3) is 0.429. The minimum atomic E-state index is -1.29. The van der Waals surface area contributed by atoms with Crippen molar-refractivity contribution in [2.45, 2.75) is 37.5 Å². The van der Waals surface area contributed by atoms with Crippen molar-refractivity contribution in [1.82, 2.24) is 14.8 Å². The molecule has 1 heterocycles. The van der Waals surface area contributed by atoms with Gasteiger partial charge in [0.1, 0.15) is 17.9 Å². The normalized spacial score (nSPS) is 12.6. The van der Waals surface area contributed by atoms with E-state index in [1.807, 2.05) is 20.8 Å². The minimum absolute atomic E-state index is 0.173. The van der Waals surface area contributed by atoms with E-state index < -0.39 is 10.8 Å². The highest BCUT2D eigenvalue weighted by molar-refractivity contribution is 7.84. The fourth-order valence-electron chi connectivity index (χ4n) is 1.97. The maximum absolute atomic E-state index is 12.6. The number of benzene rings is 1. The number of ether oxygens (including phenoxy) is 1. The van der Waals surface area contributed by atoms with Gasteiger partial charge in [0.25, 0.3) is 0 Å². The Labute approximate surface area is 126 Å². The van der Waals surface area contributed by atoms with Gasteiger partial charge < -0.3 is 10.5 Å². The number of hydrogen-bond donors (Lipinski definition) is 1. The Morgan fingerprint density at radius 1 is 1.43 bits per heavy atom. The van der Waals surface area contributed by atoms with Gasteiger partial charge in [0.15, 0.2) is 0 Å². The standard InChI is InChI=1S/C14H20N4O2S/c1-4-20-11-5-6-12(15)13(7-11)21(19)8-14-16-9-17-18(14)10(2)3/h5-7,9-10H,4,8,15H2,1-3H3. The average molecular weight is 308 g/mol. The summed E-state index contributed by atoms with van der Waals surface area (Å²) in [6.45, 7) is 6.46.